The summed E-state index contributed by atoms with van der Waals surface area (Å²) in [4.78, 5) is 13.1. The number of aromatic nitrogens is 5. The van der Waals surface area contributed by atoms with Crippen molar-refractivity contribution in [3.8, 4) is 11.3 Å². The Kier molecular flexibility index (Phi) is 3.39. The highest BCUT2D eigenvalue weighted by Gasteiger charge is 2.24. The molecule has 0 saturated carbocycles. The first-order valence-corrected chi connectivity index (χ1v) is 8.65. The molecule has 1 aliphatic rings. The van der Waals surface area contributed by atoms with E-state index in [9.17, 15) is 0 Å². The maximum absolute atomic E-state index is 6.19. The number of aryl methyl sites for hydroxylation is 1. The van der Waals surface area contributed by atoms with Crippen LogP contribution in [0.1, 0.15) is 24.8 Å². The molecule has 3 aromatic heterocycles. The SMILES string of the molecule is Cc1nc2cc(-c3nn(C4CCOCC4)c4ncnc(N)c34)ccc2o1. The number of nitrogens with zero attached hydrogens (tertiary/aromatic N) is 5. The molecular formula is C18H18N6O2. The van der Waals surface area contributed by atoms with Crippen molar-refractivity contribution in [3.63, 3.8) is 0 Å². The minimum Gasteiger partial charge on any atom is -0.441 e. The third-order valence-corrected chi connectivity index (χ3v) is 4.82. The zero-order chi connectivity index (χ0) is 17.7. The highest BCUT2D eigenvalue weighted by atomic mass is 16.5. The Hall–Kier alpha value is -3.00. The average Bonchev–Trinajstić information content (AvgIpc) is 3.22. The minimum absolute atomic E-state index is 0.243. The molecule has 1 aromatic carbocycles. The molecule has 0 unspecified atom stereocenters. The van der Waals surface area contributed by atoms with E-state index in [0.29, 0.717) is 11.7 Å². The predicted molar refractivity (Wildman–Crippen MR) is 96.6 cm³/mol. The van der Waals surface area contributed by atoms with Crippen LogP contribution in [0.15, 0.2) is 28.9 Å². The van der Waals surface area contributed by atoms with Gasteiger partial charge < -0.3 is 14.9 Å². The van der Waals surface area contributed by atoms with E-state index in [4.69, 9.17) is 20.0 Å². The number of oxazole rings is 1. The minimum atomic E-state index is 0.243. The van der Waals surface area contributed by atoms with Gasteiger partial charge in [-0.2, -0.15) is 5.10 Å². The Bertz CT molecular complexity index is 1110. The number of nitrogen functional groups attached to an aromatic ring is 1. The van der Waals surface area contributed by atoms with Crippen LogP contribution in [0, 0.1) is 6.92 Å². The number of hydrogen-bond donors (Lipinski definition) is 1. The first-order valence-electron chi connectivity index (χ1n) is 8.65. The van der Waals surface area contributed by atoms with Gasteiger partial charge in [-0.3, -0.25) is 0 Å². The monoisotopic (exact) mass is 350 g/mol. The van der Waals surface area contributed by atoms with Crippen molar-refractivity contribution in [1.82, 2.24) is 24.7 Å². The Morgan fingerprint density at radius 1 is 1.19 bits per heavy atom. The van der Waals surface area contributed by atoms with Crippen molar-refractivity contribution < 1.29 is 9.15 Å². The maximum Gasteiger partial charge on any atom is 0.192 e. The lowest BCUT2D eigenvalue weighted by atomic mass is 10.1. The van der Waals surface area contributed by atoms with Crippen molar-refractivity contribution in [3.05, 3.63) is 30.4 Å². The highest BCUT2D eigenvalue weighted by molar-refractivity contribution is 5.99. The zero-order valence-corrected chi connectivity index (χ0v) is 14.3. The van der Waals surface area contributed by atoms with E-state index >= 15 is 0 Å². The molecule has 0 aliphatic carbocycles. The molecule has 0 spiro atoms. The first kappa shape index (κ1) is 15.3. The van der Waals surface area contributed by atoms with Crippen LogP contribution in [0.4, 0.5) is 5.82 Å². The molecule has 1 saturated heterocycles. The van der Waals surface area contributed by atoms with Crippen molar-refractivity contribution >= 4 is 28.0 Å². The van der Waals surface area contributed by atoms with Crippen LogP contribution >= 0.6 is 0 Å². The molecule has 132 valence electrons. The third-order valence-electron chi connectivity index (χ3n) is 4.82. The van der Waals surface area contributed by atoms with Crippen LogP contribution in [0.25, 0.3) is 33.4 Å². The Balaban J connectivity index is 1.73. The van der Waals surface area contributed by atoms with Gasteiger partial charge in [0.2, 0.25) is 0 Å². The number of nitrogens with two attached hydrogens (primary N) is 1. The lowest BCUT2D eigenvalue weighted by Gasteiger charge is -2.22. The van der Waals surface area contributed by atoms with Crippen molar-refractivity contribution in [2.75, 3.05) is 18.9 Å². The van der Waals surface area contributed by atoms with Crippen LogP contribution < -0.4 is 5.73 Å². The van der Waals surface area contributed by atoms with Gasteiger partial charge in [0, 0.05) is 25.7 Å². The van der Waals surface area contributed by atoms with Gasteiger partial charge in [0.05, 0.1) is 11.4 Å². The summed E-state index contributed by atoms with van der Waals surface area (Å²) < 4.78 is 13.0. The standard InChI is InChI=1S/C18H18N6O2/c1-10-22-13-8-11(2-3-14(13)26-10)16-15-17(19)20-9-21-18(15)24(23-16)12-4-6-25-7-5-12/h2-3,8-9,12H,4-7H2,1H3,(H2,19,20,21). The molecule has 0 radical (unpaired) electrons. The molecule has 0 bridgehead atoms. The fourth-order valence-corrected chi connectivity index (χ4v) is 3.57. The van der Waals surface area contributed by atoms with Gasteiger partial charge in [0.15, 0.2) is 17.1 Å². The summed E-state index contributed by atoms with van der Waals surface area (Å²) in [6.45, 7) is 3.29. The van der Waals surface area contributed by atoms with E-state index in [-0.39, 0.29) is 6.04 Å². The van der Waals surface area contributed by atoms with Gasteiger partial charge in [-0.25, -0.2) is 19.6 Å². The quantitative estimate of drug-likeness (QED) is 0.592. The molecule has 4 aromatic rings. The largest absolute Gasteiger partial charge is 0.441 e. The molecule has 0 amide bonds. The summed E-state index contributed by atoms with van der Waals surface area (Å²) in [5.74, 6) is 1.07. The second-order valence-corrected chi connectivity index (χ2v) is 6.51. The van der Waals surface area contributed by atoms with E-state index in [2.05, 4.69) is 15.0 Å². The lowest BCUT2D eigenvalue weighted by molar-refractivity contribution is 0.0674. The molecule has 26 heavy (non-hydrogen) atoms. The van der Waals surface area contributed by atoms with Crippen molar-refractivity contribution in [2.45, 2.75) is 25.8 Å². The van der Waals surface area contributed by atoms with E-state index in [0.717, 1.165) is 59.4 Å². The fraction of sp³-hybridized carbons (Fsp3) is 0.333. The molecule has 0 atom stereocenters. The highest BCUT2D eigenvalue weighted by Crippen LogP contribution is 2.34. The van der Waals surface area contributed by atoms with Crippen LogP contribution in [0.5, 0.6) is 0 Å². The molecule has 1 aliphatic heterocycles. The Morgan fingerprint density at radius 2 is 2.04 bits per heavy atom. The Morgan fingerprint density at radius 3 is 2.88 bits per heavy atom. The molecule has 2 N–H and O–H groups in total. The van der Waals surface area contributed by atoms with Gasteiger partial charge in [-0.15, -0.1) is 0 Å². The first-order chi connectivity index (χ1) is 12.7. The number of fused-ring (bicyclic) bond motifs is 2. The van der Waals surface area contributed by atoms with Crippen LogP contribution in [0.3, 0.4) is 0 Å². The van der Waals surface area contributed by atoms with Crippen LogP contribution in [0.2, 0.25) is 0 Å². The number of ether oxygens (including phenoxy) is 1. The zero-order valence-electron chi connectivity index (χ0n) is 14.3. The van der Waals surface area contributed by atoms with Crippen molar-refractivity contribution in [2.24, 2.45) is 0 Å². The topological polar surface area (TPSA) is 105 Å². The lowest BCUT2D eigenvalue weighted by Crippen LogP contribution is -2.20. The van der Waals surface area contributed by atoms with E-state index in [1.807, 2.05) is 29.8 Å². The second-order valence-electron chi connectivity index (χ2n) is 6.51. The van der Waals surface area contributed by atoms with Gasteiger partial charge in [-0.05, 0) is 31.0 Å². The van der Waals surface area contributed by atoms with Crippen LogP contribution in [-0.4, -0.2) is 37.9 Å². The summed E-state index contributed by atoms with van der Waals surface area (Å²) in [7, 11) is 0. The van der Waals surface area contributed by atoms with Gasteiger partial charge in [-0.1, -0.05) is 0 Å². The summed E-state index contributed by atoms with van der Waals surface area (Å²) in [5.41, 5.74) is 10.2. The number of anilines is 1. The normalized spacial score (nSPS) is 15.9. The average molecular weight is 350 g/mol. The predicted octanol–water partition coefficient (Wildman–Crippen LogP) is 2.88. The summed E-state index contributed by atoms with van der Waals surface area (Å²) in [6, 6.07) is 6.08. The van der Waals surface area contributed by atoms with E-state index < -0.39 is 0 Å². The molecular weight excluding hydrogens is 332 g/mol. The molecule has 8 heteroatoms. The van der Waals surface area contributed by atoms with Gasteiger partial charge in [0.1, 0.15) is 23.4 Å². The number of benzene rings is 1. The van der Waals surface area contributed by atoms with Crippen molar-refractivity contribution in [1.29, 1.82) is 0 Å². The van der Waals surface area contributed by atoms with E-state index in [1.165, 1.54) is 6.33 Å². The third kappa shape index (κ3) is 2.33. The van der Waals surface area contributed by atoms with E-state index in [1.54, 1.807) is 0 Å². The van der Waals surface area contributed by atoms with Crippen LogP contribution in [-0.2, 0) is 4.74 Å². The van der Waals surface area contributed by atoms with Gasteiger partial charge >= 0.3 is 0 Å². The molecule has 4 heterocycles. The summed E-state index contributed by atoms with van der Waals surface area (Å²) in [5, 5.41) is 5.65. The Labute approximate surface area is 149 Å². The second kappa shape index (κ2) is 5.77. The summed E-state index contributed by atoms with van der Waals surface area (Å²) >= 11 is 0. The van der Waals surface area contributed by atoms with Gasteiger partial charge in [0.25, 0.3) is 0 Å². The number of rotatable bonds is 2. The fourth-order valence-electron chi connectivity index (χ4n) is 3.57. The number of hydrogen-bond acceptors (Lipinski definition) is 7. The molecule has 1 fully saturated rings. The molecule has 5 rings (SSSR count). The smallest absolute Gasteiger partial charge is 0.192 e. The molecule has 8 nitrogen and oxygen atoms in total. The summed E-state index contributed by atoms with van der Waals surface area (Å²) in [6.07, 6.45) is 3.30. The maximum atomic E-state index is 6.19.